The molecule has 2 rings (SSSR count). The third-order valence-corrected chi connectivity index (χ3v) is 5.04. The topological polar surface area (TPSA) is 12.5 Å². The highest BCUT2D eigenvalue weighted by molar-refractivity contribution is 6.55. The second kappa shape index (κ2) is 3.74. The molecule has 0 spiro atoms. The average Bonchev–Trinajstić information content (AvgIpc) is 2.79. The second-order valence-electron chi connectivity index (χ2n) is 5.17. The molecule has 1 saturated carbocycles. The van der Waals surface area contributed by atoms with Crippen molar-refractivity contribution >= 4 is 8.80 Å². The van der Waals surface area contributed by atoms with Gasteiger partial charge >= 0.3 is 0 Å². The van der Waals surface area contributed by atoms with Gasteiger partial charge in [-0.2, -0.15) is 0 Å². The Morgan fingerprint density at radius 1 is 1.31 bits per heavy atom. The van der Waals surface area contributed by atoms with Crippen molar-refractivity contribution in [1.29, 1.82) is 0 Å². The number of hydrogen-bond acceptors (Lipinski definition) is 1. The molecular weight excluding hydrogens is 176 g/mol. The minimum atomic E-state index is -0.0265. The number of ether oxygens (including phenoxy) is 1. The number of fused-ring (bicyclic) bond motifs is 1. The van der Waals surface area contributed by atoms with Crippen LogP contribution in [0.2, 0.25) is 19.1 Å². The molecule has 0 aromatic heterocycles. The maximum atomic E-state index is 5.57. The van der Waals surface area contributed by atoms with E-state index < -0.39 is 0 Å². The van der Waals surface area contributed by atoms with Crippen LogP contribution in [0, 0.1) is 11.8 Å². The van der Waals surface area contributed by atoms with E-state index in [1.807, 2.05) is 0 Å². The molecule has 0 bridgehead atoms. The molecule has 75 valence electrons. The average molecular weight is 197 g/mol. The third kappa shape index (κ3) is 2.35. The predicted molar refractivity (Wildman–Crippen MR) is 57.5 cm³/mol. The fourth-order valence-electron chi connectivity index (χ4n) is 2.76. The second-order valence-corrected chi connectivity index (χ2v) is 8.00. The van der Waals surface area contributed by atoms with E-state index >= 15 is 0 Å². The van der Waals surface area contributed by atoms with Crippen LogP contribution in [0.3, 0.4) is 0 Å². The quantitative estimate of drug-likeness (QED) is 0.500. The maximum Gasteiger partial charge on any atom is 0.0844 e. The zero-order valence-corrected chi connectivity index (χ0v) is 10.0. The summed E-state index contributed by atoms with van der Waals surface area (Å²) >= 11 is 0. The summed E-state index contributed by atoms with van der Waals surface area (Å²) < 4.78 is 5.57. The van der Waals surface area contributed by atoms with Gasteiger partial charge in [-0.25, -0.2) is 0 Å². The minimum absolute atomic E-state index is 0.0265. The molecule has 13 heavy (non-hydrogen) atoms. The van der Waals surface area contributed by atoms with Crippen LogP contribution in [0.4, 0.5) is 0 Å². The molecule has 1 radical (unpaired) electrons. The van der Waals surface area contributed by atoms with Gasteiger partial charge in [-0.15, -0.1) is 0 Å². The highest BCUT2D eigenvalue weighted by atomic mass is 28.3. The molecule has 2 aliphatic rings. The van der Waals surface area contributed by atoms with E-state index in [0.717, 1.165) is 11.8 Å². The Hall–Kier alpha value is 0.177. The Morgan fingerprint density at radius 3 is 2.69 bits per heavy atom. The zero-order chi connectivity index (χ0) is 9.42. The molecule has 1 aliphatic carbocycles. The predicted octanol–water partition coefficient (Wildman–Crippen LogP) is 2.94. The lowest BCUT2D eigenvalue weighted by molar-refractivity contribution is 0.296. The lowest BCUT2D eigenvalue weighted by Gasteiger charge is -2.26. The van der Waals surface area contributed by atoms with Crippen molar-refractivity contribution in [3.63, 3.8) is 0 Å². The Labute approximate surface area is 83.5 Å². The Bertz CT molecular complexity index is 181. The molecule has 0 N–H and O–H groups in total. The fraction of sp³-hybridized carbons (Fsp3) is 1.00. The van der Waals surface area contributed by atoms with Gasteiger partial charge in [0.25, 0.3) is 0 Å². The molecule has 4 unspecified atom stereocenters. The van der Waals surface area contributed by atoms with E-state index in [-0.39, 0.29) is 8.80 Å². The van der Waals surface area contributed by atoms with Gasteiger partial charge in [0.15, 0.2) is 0 Å². The molecule has 4 atom stereocenters. The van der Waals surface area contributed by atoms with Crippen LogP contribution in [-0.4, -0.2) is 21.0 Å². The largest absolute Gasteiger partial charge is 0.370 e. The maximum absolute atomic E-state index is 5.57. The van der Waals surface area contributed by atoms with Gasteiger partial charge in [0, 0.05) is 8.80 Å². The van der Waals surface area contributed by atoms with Crippen LogP contribution in [0.15, 0.2) is 0 Å². The summed E-state index contributed by atoms with van der Waals surface area (Å²) in [4.78, 5) is 0. The van der Waals surface area contributed by atoms with Gasteiger partial charge in [-0.05, 0) is 31.1 Å². The van der Waals surface area contributed by atoms with Crippen LogP contribution < -0.4 is 0 Å². The molecule has 1 aliphatic heterocycles. The summed E-state index contributed by atoms with van der Waals surface area (Å²) in [5.41, 5.74) is 0. The lowest BCUT2D eigenvalue weighted by Crippen LogP contribution is -2.22. The number of epoxide rings is 1. The van der Waals surface area contributed by atoms with Gasteiger partial charge in [-0.1, -0.05) is 26.1 Å². The minimum Gasteiger partial charge on any atom is -0.370 e. The number of rotatable bonds is 3. The van der Waals surface area contributed by atoms with Crippen molar-refractivity contribution in [3.8, 4) is 0 Å². The Balaban J connectivity index is 1.78. The van der Waals surface area contributed by atoms with Crippen molar-refractivity contribution in [2.45, 2.75) is 57.5 Å². The highest BCUT2D eigenvalue weighted by Gasteiger charge is 2.44. The summed E-state index contributed by atoms with van der Waals surface area (Å²) in [6, 6.07) is 1.49. The van der Waals surface area contributed by atoms with Crippen molar-refractivity contribution < 1.29 is 4.74 Å². The van der Waals surface area contributed by atoms with E-state index in [0.29, 0.717) is 12.2 Å². The van der Waals surface area contributed by atoms with Gasteiger partial charge in [0.2, 0.25) is 0 Å². The number of hydrogen-bond donors (Lipinski definition) is 0. The molecular formula is C11H21OSi. The zero-order valence-electron chi connectivity index (χ0n) is 9.05. The standard InChI is InChI=1S/C11H21OSi/c1-8(7-13(2)3)9-4-5-10-11(6-9)12-10/h8-11H,4-7H2,1-3H3. The van der Waals surface area contributed by atoms with Crippen LogP contribution in [0.5, 0.6) is 0 Å². The van der Waals surface area contributed by atoms with E-state index in [2.05, 4.69) is 20.0 Å². The van der Waals surface area contributed by atoms with Crippen molar-refractivity contribution in [2.24, 2.45) is 11.8 Å². The summed E-state index contributed by atoms with van der Waals surface area (Å²) in [6.45, 7) is 7.31. The monoisotopic (exact) mass is 197 g/mol. The fourth-order valence-corrected chi connectivity index (χ4v) is 4.38. The molecule has 0 aromatic rings. The molecule has 1 nitrogen and oxygen atoms in total. The Morgan fingerprint density at radius 2 is 2.08 bits per heavy atom. The molecule has 0 aromatic carbocycles. The molecule has 2 fully saturated rings. The SMILES string of the molecule is CC(C[Si](C)C)C1CCC2OC2C1. The summed E-state index contributed by atoms with van der Waals surface area (Å²) in [5, 5.41) is 0. The normalized spacial score (nSPS) is 40.2. The van der Waals surface area contributed by atoms with E-state index in [4.69, 9.17) is 4.74 Å². The smallest absolute Gasteiger partial charge is 0.0844 e. The summed E-state index contributed by atoms with van der Waals surface area (Å²) in [7, 11) is -0.0265. The van der Waals surface area contributed by atoms with Gasteiger partial charge in [0.1, 0.15) is 0 Å². The van der Waals surface area contributed by atoms with E-state index in [9.17, 15) is 0 Å². The van der Waals surface area contributed by atoms with Crippen molar-refractivity contribution in [2.75, 3.05) is 0 Å². The highest BCUT2D eigenvalue weighted by Crippen LogP contribution is 2.42. The van der Waals surface area contributed by atoms with E-state index in [1.165, 1.54) is 25.3 Å². The molecule has 0 amide bonds. The summed E-state index contributed by atoms with van der Waals surface area (Å²) in [6.07, 6.45) is 5.48. The van der Waals surface area contributed by atoms with Crippen LogP contribution in [0.25, 0.3) is 0 Å². The molecule has 2 heteroatoms. The molecule has 1 saturated heterocycles. The third-order valence-electron chi connectivity index (χ3n) is 3.58. The first-order chi connectivity index (χ1) is 6.16. The van der Waals surface area contributed by atoms with Gasteiger partial charge in [-0.3, -0.25) is 0 Å². The van der Waals surface area contributed by atoms with Crippen molar-refractivity contribution in [3.05, 3.63) is 0 Å². The lowest BCUT2D eigenvalue weighted by atomic mass is 9.82. The van der Waals surface area contributed by atoms with Crippen molar-refractivity contribution in [1.82, 2.24) is 0 Å². The Kier molecular flexibility index (Phi) is 2.79. The van der Waals surface area contributed by atoms with Crippen LogP contribution in [0.1, 0.15) is 26.2 Å². The van der Waals surface area contributed by atoms with Gasteiger partial charge in [0.05, 0.1) is 12.2 Å². The van der Waals surface area contributed by atoms with E-state index in [1.54, 1.807) is 0 Å². The first-order valence-corrected chi connectivity index (χ1v) is 8.32. The molecule has 1 heterocycles. The summed E-state index contributed by atoms with van der Waals surface area (Å²) in [5.74, 6) is 1.93. The van der Waals surface area contributed by atoms with Crippen LogP contribution >= 0.6 is 0 Å². The van der Waals surface area contributed by atoms with Crippen LogP contribution in [-0.2, 0) is 4.74 Å². The first-order valence-electron chi connectivity index (χ1n) is 5.61. The first kappa shape index (κ1) is 9.72. The van der Waals surface area contributed by atoms with Gasteiger partial charge < -0.3 is 4.74 Å².